The van der Waals surface area contributed by atoms with Gasteiger partial charge in [-0.05, 0) is 17.9 Å². The first-order chi connectivity index (χ1) is 5.75. The van der Waals surface area contributed by atoms with Gasteiger partial charge in [0.05, 0.1) is 5.56 Å². The molecule has 12 heavy (non-hydrogen) atoms. The highest BCUT2D eigenvalue weighted by atomic mass is 32.2. The number of hydrogen-bond acceptors (Lipinski definition) is 2. The van der Waals surface area contributed by atoms with Crippen molar-refractivity contribution >= 4 is 17.7 Å². The molecule has 0 bridgehead atoms. The number of benzene rings is 1. The van der Waals surface area contributed by atoms with Crippen LogP contribution in [0.3, 0.4) is 0 Å². The van der Waals surface area contributed by atoms with E-state index in [-0.39, 0.29) is 0 Å². The second-order valence-electron chi connectivity index (χ2n) is 2.40. The van der Waals surface area contributed by atoms with Crippen LogP contribution in [0.25, 0.3) is 0 Å². The predicted molar refractivity (Wildman–Crippen MR) is 50.6 cm³/mol. The van der Waals surface area contributed by atoms with Crippen molar-refractivity contribution in [3.8, 4) is 0 Å². The summed E-state index contributed by atoms with van der Waals surface area (Å²) in [4.78, 5) is 10.7. The molecule has 0 fully saturated rings. The summed E-state index contributed by atoms with van der Waals surface area (Å²) in [6.45, 7) is 0. The van der Waals surface area contributed by atoms with Crippen molar-refractivity contribution in [2.24, 2.45) is 0 Å². The van der Waals surface area contributed by atoms with Gasteiger partial charge in [0, 0.05) is 5.75 Å². The van der Waals surface area contributed by atoms with E-state index in [4.69, 9.17) is 5.11 Å². The fraction of sp³-hybridized carbons (Fsp3) is 0.222. The number of thioether (sulfide) groups is 1. The van der Waals surface area contributed by atoms with E-state index in [9.17, 15) is 4.79 Å². The summed E-state index contributed by atoms with van der Waals surface area (Å²) in [6, 6.07) is 7.08. The van der Waals surface area contributed by atoms with Crippen LogP contribution in [-0.2, 0) is 5.75 Å². The second-order valence-corrected chi connectivity index (χ2v) is 3.26. The predicted octanol–water partition coefficient (Wildman–Crippen LogP) is 2.25. The lowest BCUT2D eigenvalue weighted by Gasteiger charge is -2.02. The molecule has 64 valence electrons. The van der Waals surface area contributed by atoms with Gasteiger partial charge in [0.25, 0.3) is 0 Å². The van der Waals surface area contributed by atoms with Crippen molar-refractivity contribution in [1.29, 1.82) is 0 Å². The minimum atomic E-state index is -0.848. The average molecular weight is 182 g/mol. The van der Waals surface area contributed by atoms with E-state index in [0.717, 1.165) is 11.3 Å². The van der Waals surface area contributed by atoms with E-state index in [0.29, 0.717) is 5.56 Å². The summed E-state index contributed by atoms with van der Waals surface area (Å²) in [5.74, 6) is -0.0951. The van der Waals surface area contributed by atoms with Gasteiger partial charge in [-0.2, -0.15) is 11.8 Å². The Morgan fingerprint density at radius 1 is 1.50 bits per heavy atom. The van der Waals surface area contributed by atoms with Gasteiger partial charge >= 0.3 is 5.97 Å². The molecule has 0 amide bonds. The summed E-state index contributed by atoms with van der Waals surface area (Å²) >= 11 is 1.62. The second kappa shape index (κ2) is 4.16. The minimum absolute atomic E-state index is 0.409. The largest absolute Gasteiger partial charge is 0.478 e. The third-order valence-corrected chi connectivity index (χ3v) is 2.15. The van der Waals surface area contributed by atoms with Crippen LogP contribution in [0.2, 0.25) is 0 Å². The smallest absolute Gasteiger partial charge is 0.335 e. The van der Waals surface area contributed by atoms with Crippen LogP contribution in [0.5, 0.6) is 0 Å². The molecular weight excluding hydrogens is 172 g/mol. The van der Waals surface area contributed by atoms with Crippen LogP contribution in [0.15, 0.2) is 24.3 Å². The Kier molecular flexibility index (Phi) is 3.17. The summed E-state index contributed by atoms with van der Waals surface area (Å²) in [5.41, 5.74) is 1.30. The fourth-order valence-electron chi connectivity index (χ4n) is 1.01. The van der Waals surface area contributed by atoms with Crippen molar-refractivity contribution in [3.05, 3.63) is 35.4 Å². The maximum absolute atomic E-state index is 10.7. The summed E-state index contributed by atoms with van der Waals surface area (Å²) in [6.07, 6.45) is 1.96. The number of carboxylic acid groups (broad SMARTS) is 1. The monoisotopic (exact) mass is 182 g/mol. The van der Waals surface area contributed by atoms with Gasteiger partial charge in [-0.15, -0.1) is 0 Å². The Labute approximate surface area is 75.6 Å². The maximum atomic E-state index is 10.7. The first kappa shape index (κ1) is 9.13. The van der Waals surface area contributed by atoms with E-state index in [2.05, 4.69) is 0 Å². The lowest BCUT2D eigenvalue weighted by molar-refractivity contribution is 0.0696. The zero-order chi connectivity index (χ0) is 8.97. The van der Waals surface area contributed by atoms with Crippen LogP contribution in [0, 0.1) is 0 Å². The molecule has 0 aliphatic heterocycles. The van der Waals surface area contributed by atoms with E-state index < -0.39 is 5.97 Å². The van der Waals surface area contributed by atoms with Crippen LogP contribution in [-0.4, -0.2) is 17.3 Å². The maximum Gasteiger partial charge on any atom is 0.335 e. The highest BCUT2D eigenvalue weighted by Crippen LogP contribution is 2.14. The molecule has 0 aromatic heterocycles. The summed E-state index contributed by atoms with van der Waals surface area (Å²) < 4.78 is 0. The Morgan fingerprint density at radius 3 is 2.75 bits per heavy atom. The lowest BCUT2D eigenvalue weighted by atomic mass is 10.1. The molecule has 2 nitrogen and oxygen atoms in total. The van der Waals surface area contributed by atoms with Gasteiger partial charge in [0.1, 0.15) is 0 Å². The quantitative estimate of drug-likeness (QED) is 0.779. The Morgan fingerprint density at radius 2 is 2.17 bits per heavy atom. The first-order valence-electron chi connectivity index (χ1n) is 3.56. The van der Waals surface area contributed by atoms with Crippen molar-refractivity contribution in [2.45, 2.75) is 5.75 Å². The molecule has 0 radical (unpaired) electrons. The fourth-order valence-corrected chi connectivity index (χ4v) is 1.57. The molecule has 1 N–H and O–H groups in total. The minimum Gasteiger partial charge on any atom is -0.478 e. The third-order valence-electron chi connectivity index (χ3n) is 1.55. The Hall–Kier alpha value is -0.960. The van der Waals surface area contributed by atoms with Gasteiger partial charge in [-0.25, -0.2) is 4.79 Å². The molecule has 0 atom stereocenters. The van der Waals surface area contributed by atoms with E-state index in [1.807, 2.05) is 18.4 Å². The topological polar surface area (TPSA) is 37.3 Å². The zero-order valence-electron chi connectivity index (χ0n) is 6.78. The summed E-state index contributed by atoms with van der Waals surface area (Å²) in [5, 5.41) is 8.78. The van der Waals surface area contributed by atoms with E-state index in [1.165, 1.54) is 0 Å². The number of aromatic carboxylic acids is 1. The van der Waals surface area contributed by atoms with E-state index >= 15 is 0 Å². The molecule has 0 unspecified atom stereocenters. The molecule has 0 spiro atoms. The molecule has 3 heteroatoms. The number of carboxylic acids is 1. The Balaban J connectivity index is 3.00. The zero-order valence-corrected chi connectivity index (χ0v) is 7.60. The average Bonchev–Trinajstić information content (AvgIpc) is 2.05. The highest BCUT2D eigenvalue weighted by Gasteiger charge is 2.06. The highest BCUT2D eigenvalue weighted by molar-refractivity contribution is 7.97. The van der Waals surface area contributed by atoms with Crippen LogP contribution in [0.4, 0.5) is 0 Å². The molecule has 1 rings (SSSR count). The van der Waals surface area contributed by atoms with Crippen LogP contribution in [0.1, 0.15) is 15.9 Å². The van der Waals surface area contributed by atoms with Gasteiger partial charge in [-0.1, -0.05) is 18.2 Å². The number of rotatable bonds is 3. The van der Waals surface area contributed by atoms with Crippen molar-refractivity contribution in [3.63, 3.8) is 0 Å². The van der Waals surface area contributed by atoms with E-state index in [1.54, 1.807) is 23.9 Å². The van der Waals surface area contributed by atoms with Crippen molar-refractivity contribution in [1.82, 2.24) is 0 Å². The normalized spacial score (nSPS) is 9.75. The first-order valence-corrected chi connectivity index (χ1v) is 4.95. The van der Waals surface area contributed by atoms with Gasteiger partial charge in [0.2, 0.25) is 0 Å². The molecule has 0 saturated heterocycles. The van der Waals surface area contributed by atoms with Crippen LogP contribution < -0.4 is 0 Å². The number of hydrogen-bond donors (Lipinski definition) is 1. The van der Waals surface area contributed by atoms with Gasteiger partial charge in [-0.3, -0.25) is 0 Å². The number of carbonyl (C=O) groups is 1. The molecule has 0 aliphatic rings. The van der Waals surface area contributed by atoms with Crippen LogP contribution >= 0.6 is 11.8 Å². The molecule has 0 saturated carbocycles. The van der Waals surface area contributed by atoms with Crippen molar-refractivity contribution in [2.75, 3.05) is 6.26 Å². The summed E-state index contributed by atoms with van der Waals surface area (Å²) in [7, 11) is 0. The van der Waals surface area contributed by atoms with Gasteiger partial charge < -0.3 is 5.11 Å². The SMILES string of the molecule is CSCc1ccccc1C(=O)O. The Bertz CT molecular complexity index is 284. The third kappa shape index (κ3) is 2.01. The lowest BCUT2D eigenvalue weighted by Crippen LogP contribution is -2.00. The standard InChI is InChI=1S/C9H10O2S/c1-12-6-7-4-2-3-5-8(7)9(10)11/h2-5H,6H2,1H3,(H,10,11). The molecule has 1 aromatic rings. The van der Waals surface area contributed by atoms with Crippen molar-refractivity contribution < 1.29 is 9.90 Å². The molecule has 1 aromatic carbocycles. The molecular formula is C9H10O2S. The molecule has 0 aliphatic carbocycles. The van der Waals surface area contributed by atoms with Gasteiger partial charge in [0.15, 0.2) is 0 Å². The molecule has 0 heterocycles.